The highest BCUT2D eigenvalue weighted by atomic mass is 79.9. The summed E-state index contributed by atoms with van der Waals surface area (Å²) >= 11 is 4.75. The normalized spacial score (nSPS) is 20.2. The summed E-state index contributed by atoms with van der Waals surface area (Å²) in [6.45, 7) is 3.02. The van der Waals surface area contributed by atoms with Crippen LogP contribution in [-0.2, 0) is 4.79 Å². The molecular weight excluding hydrogens is 304 g/mol. The molecule has 0 bridgehead atoms. The Bertz CT molecular complexity index is 446. The van der Waals surface area contributed by atoms with E-state index in [9.17, 15) is 9.59 Å². The van der Waals surface area contributed by atoms with Crippen molar-refractivity contribution in [3.05, 3.63) is 20.8 Å². The standard InChI is InChI=1S/C11H13BrN2O2S/c1-2-8-10(15)13-4-5-14(8)11(16)9-7(12)3-6-17-9/h3,6,8H,2,4-5H2,1H3,(H,13,15). The summed E-state index contributed by atoms with van der Waals surface area (Å²) in [4.78, 5) is 26.3. The molecule has 0 spiro atoms. The number of thiophene rings is 1. The molecule has 2 heterocycles. The second-order valence-corrected chi connectivity index (χ2v) is 5.58. The predicted molar refractivity (Wildman–Crippen MR) is 70.1 cm³/mol. The highest BCUT2D eigenvalue weighted by Gasteiger charge is 2.33. The van der Waals surface area contributed by atoms with Crippen LogP contribution < -0.4 is 5.32 Å². The third-order valence-electron chi connectivity index (χ3n) is 2.79. The smallest absolute Gasteiger partial charge is 0.265 e. The van der Waals surface area contributed by atoms with Gasteiger partial charge in [0.25, 0.3) is 5.91 Å². The van der Waals surface area contributed by atoms with E-state index >= 15 is 0 Å². The second kappa shape index (κ2) is 5.18. The molecule has 4 nitrogen and oxygen atoms in total. The Kier molecular flexibility index (Phi) is 3.83. The van der Waals surface area contributed by atoms with Gasteiger partial charge in [0.2, 0.25) is 5.91 Å². The van der Waals surface area contributed by atoms with Crippen molar-refractivity contribution in [2.75, 3.05) is 13.1 Å². The van der Waals surface area contributed by atoms with Gasteiger partial charge in [0, 0.05) is 17.6 Å². The molecule has 1 atom stereocenters. The monoisotopic (exact) mass is 316 g/mol. The van der Waals surface area contributed by atoms with Gasteiger partial charge in [-0.25, -0.2) is 0 Å². The molecule has 1 aromatic heterocycles. The van der Waals surface area contributed by atoms with Gasteiger partial charge in [-0.15, -0.1) is 11.3 Å². The summed E-state index contributed by atoms with van der Waals surface area (Å²) in [5.41, 5.74) is 0. The van der Waals surface area contributed by atoms with E-state index in [1.807, 2.05) is 18.4 Å². The van der Waals surface area contributed by atoms with Crippen LogP contribution in [-0.4, -0.2) is 35.8 Å². The number of carbonyl (C=O) groups excluding carboxylic acids is 2. The fourth-order valence-electron chi connectivity index (χ4n) is 1.94. The van der Waals surface area contributed by atoms with E-state index in [0.29, 0.717) is 24.4 Å². The minimum absolute atomic E-state index is 0.0558. The minimum Gasteiger partial charge on any atom is -0.353 e. The van der Waals surface area contributed by atoms with E-state index in [-0.39, 0.29) is 17.9 Å². The van der Waals surface area contributed by atoms with Crippen LogP contribution in [0.5, 0.6) is 0 Å². The molecule has 1 unspecified atom stereocenters. The first-order valence-corrected chi connectivity index (χ1v) is 7.14. The molecule has 1 N–H and O–H groups in total. The maximum absolute atomic E-state index is 12.3. The molecule has 1 aromatic rings. The SMILES string of the molecule is CCC1C(=O)NCCN1C(=O)c1sccc1Br. The van der Waals surface area contributed by atoms with Gasteiger partial charge in [-0.05, 0) is 33.8 Å². The number of nitrogens with zero attached hydrogens (tertiary/aromatic N) is 1. The fourth-order valence-corrected chi connectivity index (χ4v) is 3.44. The second-order valence-electron chi connectivity index (χ2n) is 3.81. The number of rotatable bonds is 2. The fraction of sp³-hybridized carbons (Fsp3) is 0.455. The molecule has 2 rings (SSSR count). The molecule has 0 radical (unpaired) electrons. The van der Waals surface area contributed by atoms with Crippen LogP contribution in [0.3, 0.4) is 0 Å². The van der Waals surface area contributed by atoms with E-state index in [2.05, 4.69) is 21.2 Å². The minimum atomic E-state index is -0.342. The number of nitrogens with one attached hydrogen (secondary N) is 1. The van der Waals surface area contributed by atoms with Crippen LogP contribution in [0.4, 0.5) is 0 Å². The number of halogens is 1. The van der Waals surface area contributed by atoms with E-state index in [1.165, 1.54) is 11.3 Å². The van der Waals surface area contributed by atoms with Gasteiger partial charge in [-0.3, -0.25) is 9.59 Å². The summed E-state index contributed by atoms with van der Waals surface area (Å²) in [6, 6.07) is 1.51. The van der Waals surface area contributed by atoms with Crippen molar-refractivity contribution in [1.29, 1.82) is 0 Å². The van der Waals surface area contributed by atoms with Crippen LogP contribution in [0.15, 0.2) is 15.9 Å². The number of carbonyl (C=O) groups is 2. The van der Waals surface area contributed by atoms with Crippen molar-refractivity contribution < 1.29 is 9.59 Å². The van der Waals surface area contributed by atoms with Crippen LogP contribution in [0, 0.1) is 0 Å². The third kappa shape index (κ3) is 2.37. The number of amides is 2. The van der Waals surface area contributed by atoms with Crippen LogP contribution >= 0.6 is 27.3 Å². The zero-order chi connectivity index (χ0) is 12.4. The lowest BCUT2D eigenvalue weighted by molar-refractivity contribution is -0.127. The maximum atomic E-state index is 12.3. The molecular formula is C11H13BrN2O2S. The first kappa shape index (κ1) is 12.6. The van der Waals surface area contributed by atoms with Crippen molar-refractivity contribution in [2.24, 2.45) is 0 Å². The lowest BCUT2D eigenvalue weighted by Crippen LogP contribution is -2.56. The molecule has 0 saturated carbocycles. The molecule has 0 aliphatic carbocycles. The highest BCUT2D eigenvalue weighted by molar-refractivity contribution is 9.10. The maximum Gasteiger partial charge on any atom is 0.265 e. The first-order chi connectivity index (χ1) is 8.15. The van der Waals surface area contributed by atoms with Crippen molar-refractivity contribution in [1.82, 2.24) is 10.2 Å². The summed E-state index contributed by atoms with van der Waals surface area (Å²) in [6.07, 6.45) is 0.639. The molecule has 92 valence electrons. The van der Waals surface area contributed by atoms with Crippen molar-refractivity contribution in [3.8, 4) is 0 Å². The molecule has 1 aliphatic heterocycles. The Morgan fingerprint density at radius 3 is 3.06 bits per heavy atom. The van der Waals surface area contributed by atoms with Gasteiger partial charge >= 0.3 is 0 Å². The Balaban J connectivity index is 2.24. The number of hydrogen-bond acceptors (Lipinski definition) is 3. The molecule has 0 aromatic carbocycles. The van der Waals surface area contributed by atoms with Gasteiger partial charge in [-0.2, -0.15) is 0 Å². The van der Waals surface area contributed by atoms with E-state index < -0.39 is 0 Å². The van der Waals surface area contributed by atoms with Gasteiger partial charge < -0.3 is 10.2 Å². The van der Waals surface area contributed by atoms with Crippen molar-refractivity contribution in [3.63, 3.8) is 0 Å². The van der Waals surface area contributed by atoms with E-state index in [0.717, 1.165) is 4.47 Å². The molecule has 2 amide bonds. The van der Waals surface area contributed by atoms with Crippen molar-refractivity contribution >= 4 is 39.1 Å². The zero-order valence-corrected chi connectivity index (χ0v) is 11.8. The Morgan fingerprint density at radius 2 is 2.47 bits per heavy atom. The Hall–Kier alpha value is -0.880. The Morgan fingerprint density at radius 1 is 1.71 bits per heavy atom. The predicted octanol–water partition coefficient (Wildman–Crippen LogP) is 1.86. The summed E-state index contributed by atoms with van der Waals surface area (Å²) in [7, 11) is 0. The topological polar surface area (TPSA) is 49.4 Å². The summed E-state index contributed by atoms with van der Waals surface area (Å²) in [5.74, 6) is -0.117. The lowest BCUT2D eigenvalue weighted by atomic mass is 10.1. The van der Waals surface area contributed by atoms with Crippen LogP contribution in [0.1, 0.15) is 23.0 Å². The quantitative estimate of drug-likeness (QED) is 0.905. The molecule has 1 aliphatic rings. The Labute approximate surface area is 112 Å². The van der Waals surface area contributed by atoms with Gasteiger partial charge in [0.05, 0.1) is 0 Å². The third-order valence-corrected chi connectivity index (χ3v) is 4.62. The molecule has 1 fully saturated rings. The number of hydrogen-bond donors (Lipinski definition) is 1. The van der Waals surface area contributed by atoms with E-state index in [4.69, 9.17) is 0 Å². The largest absolute Gasteiger partial charge is 0.353 e. The van der Waals surface area contributed by atoms with E-state index in [1.54, 1.807) is 4.90 Å². The van der Waals surface area contributed by atoms with Crippen LogP contribution in [0.2, 0.25) is 0 Å². The van der Waals surface area contributed by atoms with Gasteiger partial charge in [0.1, 0.15) is 10.9 Å². The van der Waals surface area contributed by atoms with Crippen LogP contribution in [0.25, 0.3) is 0 Å². The highest BCUT2D eigenvalue weighted by Crippen LogP contribution is 2.25. The van der Waals surface area contributed by atoms with Gasteiger partial charge in [0.15, 0.2) is 0 Å². The van der Waals surface area contributed by atoms with Crippen molar-refractivity contribution in [2.45, 2.75) is 19.4 Å². The molecule has 6 heteroatoms. The summed E-state index contributed by atoms with van der Waals surface area (Å²) < 4.78 is 0.799. The zero-order valence-electron chi connectivity index (χ0n) is 9.40. The average molecular weight is 317 g/mol. The lowest BCUT2D eigenvalue weighted by Gasteiger charge is -2.34. The van der Waals surface area contributed by atoms with Gasteiger partial charge in [-0.1, -0.05) is 6.92 Å². The number of piperazine rings is 1. The molecule has 1 saturated heterocycles. The molecule has 17 heavy (non-hydrogen) atoms. The summed E-state index contributed by atoms with van der Waals surface area (Å²) in [5, 5.41) is 4.65. The average Bonchev–Trinajstić information content (AvgIpc) is 2.74. The first-order valence-electron chi connectivity index (χ1n) is 5.46.